The number of nitrogens with one attached hydrogen (secondary N) is 2. The van der Waals surface area contributed by atoms with Gasteiger partial charge in [-0.15, -0.1) is 0 Å². The second-order valence-electron chi connectivity index (χ2n) is 5.74. The number of halogens is 1. The quantitative estimate of drug-likeness (QED) is 0.845. The molecule has 1 heterocycles. The fourth-order valence-electron chi connectivity index (χ4n) is 1.83. The van der Waals surface area contributed by atoms with E-state index in [1.54, 1.807) is 12.1 Å². The van der Waals surface area contributed by atoms with Crippen LogP contribution in [0.3, 0.4) is 0 Å². The van der Waals surface area contributed by atoms with Crippen molar-refractivity contribution in [3.8, 4) is 0 Å². The Morgan fingerprint density at radius 1 is 1.27 bits per heavy atom. The molecule has 0 unspecified atom stereocenters. The summed E-state index contributed by atoms with van der Waals surface area (Å²) in [7, 11) is 0. The molecule has 2 aromatic rings. The summed E-state index contributed by atoms with van der Waals surface area (Å²) in [4.78, 5) is 19.9. The van der Waals surface area contributed by atoms with Crippen molar-refractivity contribution < 1.29 is 9.53 Å². The number of benzene rings is 1. The van der Waals surface area contributed by atoms with Crippen LogP contribution in [0.4, 0.5) is 10.6 Å². The minimum absolute atomic E-state index is 0.425. The van der Waals surface area contributed by atoms with Crippen molar-refractivity contribution in [2.24, 2.45) is 0 Å². The number of carbonyl (C=O) groups is 1. The monoisotopic (exact) mass is 322 g/mol. The molecule has 0 fully saturated rings. The Hall–Kier alpha value is -2.08. The third kappa shape index (κ3) is 4.73. The van der Waals surface area contributed by atoms with Crippen LogP contribution < -0.4 is 10.6 Å². The average molecular weight is 323 g/mol. The standard InChI is InChI=1S/C15H19ClN4O2/c1-15(2,3)22-14(21)18-7-6-17-13-11-5-4-10(16)8-12(11)19-9-20-13/h4-5,8-9H,6-7H2,1-3H3,(H,18,21)(H,17,19,20). The number of carbonyl (C=O) groups excluding carboxylic acids is 1. The van der Waals surface area contributed by atoms with E-state index in [1.165, 1.54) is 6.33 Å². The first kappa shape index (κ1) is 16.3. The fraction of sp³-hybridized carbons (Fsp3) is 0.400. The Morgan fingerprint density at radius 3 is 2.77 bits per heavy atom. The summed E-state index contributed by atoms with van der Waals surface area (Å²) in [6.45, 7) is 6.41. The molecule has 2 rings (SSSR count). The van der Waals surface area contributed by atoms with Crippen molar-refractivity contribution in [1.82, 2.24) is 15.3 Å². The van der Waals surface area contributed by atoms with E-state index < -0.39 is 11.7 Å². The summed E-state index contributed by atoms with van der Waals surface area (Å²) in [5.74, 6) is 0.702. The predicted molar refractivity (Wildman–Crippen MR) is 87.3 cm³/mol. The van der Waals surface area contributed by atoms with Gasteiger partial charge in [0.1, 0.15) is 17.7 Å². The van der Waals surface area contributed by atoms with Crippen LogP contribution in [0.25, 0.3) is 10.9 Å². The van der Waals surface area contributed by atoms with E-state index >= 15 is 0 Å². The molecule has 0 aliphatic heterocycles. The Balaban J connectivity index is 1.89. The van der Waals surface area contributed by atoms with Crippen LogP contribution in [-0.2, 0) is 4.74 Å². The Morgan fingerprint density at radius 2 is 2.05 bits per heavy atom. The maximum absolute atomic E-state index is 11.5. The van der Waals surface area contributed by atoms with E-state index in [9.17, 15) is 4.79 Å². The highest BCUT2D eigenvalue weighted by Gasteiger charge is 2.15. The van der Waals surface area contributed by atoms with Crippen molar-refractivity contribution in [1.29, 1.82) is 0 Å². The molecular formula is C15H19ClN4O2. The lowest BCUT2D eigenvalue weighted by Crippen LogP contribution is -2.35. The second-order valence-corrected chi connectivity index (χ2v) is 6.18. The number of hydrogen-bond donors (Lipinski definition) is 2. The van der Waals surface area contributed by atoms with Crippen LogP contribution in [0.5, 0.6) is 0 Å². The van der Waals surface area contributed by atoms with Crippen LogP contribution >= 0.6 is 11.6 Å². The van der Waals surface area contributed by atoms with Crippen LogP contribution in [0.1, 0.15) is 20.8 Å². The topological polar surface area (TPSA) is 76.1 Å². The van der Waals surface area contributed by atoms with Gasteiger partial charge in [-0.3, -0.25) is 0 Å². The molecule has 0 spiro atoms. The van der Waals surface area contributed by atoms with Crippen molar-refractivity contribution in [2.75, 3.05) is 18.4 Å². The number of amides is 1. The summed E-state index contributed by atoms with van der Waals surface area (Å²) in [5.41, 5.74) is 0.268. The van der Waals surface area contributed by atoms with E-state index in [4.69, 9.17) is 16.3 Å². The molecular weight excluding hydrogens is 304 g/mol. The molecule has 0 radical (unpaired) electrons. The molecule has 22 heavy (non-hydrogen) atoms. The zero-order valence-corrected chi connectivity index (χ0v) is 13.6. The van der Waals surface area contributed by atoms with Crippen molar-refractivity contribution in [2.45, 2.75) is 26.4 Å². The first-order valence-corrected chi connectivity index (χ1v) is 7.34. The second kappa shape index (κ2) is 6.79. The van der Waals surface area contributed by atoms with Gasteiger partial charge in [-0.2, -0.15) is 0 Å². The Labute approximate surface area is 134 Å². The largest absolute Gasteiger partial charge is 0.444 e. The number of anilines is 1. The normalized spacial score (nSPS) is 11.3. The first-order chi connectivity index (χ1) is 10.3. The number of aromatic nitrogens is 2. The van der Waals surface area contributed by atoms with Gasteiger partial charge in [0.15, 0.2) is 0 Å². The summed E-state index contributed by atoms with van der Waals surface area (Å²) >= 11 is 5.94. The van der Waals surface area contributed by atoms with Crippen LogP contribution in [0, 0.1) is 0 Å². The smallest absolute Gasteiger partial charge is 0.407 e. The molecule has 0 saturated heterocycles. The maximum Gasteiger partial charge on any atom is 0.407 e. The Bertz CT molecular complexity index is 670. The molecule has 0 aliphatic rings. The lowest BCUT2D eigenvalue weighted by molar-refractivity contribution is 0.0530. The molecule has 7 heteroatoms. The van der Waals surface area contributed by atoms with Crippen molar-refractivity contribution >= 4 is 34.4 Å². The van der Waals surface area contributed by atoms with Gasteiger partial charge in [-0.25, -0.2) is 14.8 Å². The molecule has 0 saturated carbocycles. The lowest BCUT2D eigenvalue weighted by atomic mass is 10.2. The molecule has 1 aromatic carbocycles. The maximum atomic E-state index is 11.5. The van der Waals surface area contributed by atoms with Gasteiger partial charge < -0.3 is 15.4 Å². The number of fused-ring (bicyclic) bond motifs is 1. The molecule has 0 atom stereocenters. The number of ether oxygens (including phenoxy) is 1. The zero-order chi connectivity index (χ0) is 16.2. The number of hydrogen-bond acceptors (Lipinski definition) is 5. The Kier molecular flexibility index (Phi) is 5.03. The minimum atomic E-state index is -0.500. The summed E-state index contributed by atoms with van der Waals surface area (Å²) in [6.07, 6.45) is 1.04. The number of alkyl carbamates (subject to hydrolysis) is 1. The first-order valence-electron chi connectivity index (χ1n) is 6.96. The third-order valence-corrected chi connectivity index (χ3v) is 2.92. The van der Waals surface area contributed by atoms with E-state index in [2.05, 4.69) is 20.6 Å². The summed E-state index contributed by atoms with van der Waals surface area (Å²) in [5, 5.41) is 7.35. The molecule has 6 nitrogen and oxygen atoms in total. The van der Waals surface area contributed by atoms with E-state index in [1.807, 2.05) is 26.8 Å². The van der Waals surface area contributed by atoms with Gasteiger partial charge >= 0.3 is 6.09 Å². The van der Waals surface area contributed by atoms with Crippen LogP contribution in [-0.4, -0.2) is 34.8 Å². The lowest BCUT2D eigenvalue weighted by Gasteiger charge is -2.19. The zero-order valence-electron chi connectivity index (χ0n) is 12.8. The fourth-order valence-corrected chi connectivity index (χ4v) is 2.00. The predicted octanol–water partition coefficient (Wildman–Crippen LogP) is 3.22. The van der Waals surface area contributed by atoms with Crippen molar-refractivity contribution in [3.05, 3.63) is 29.5 Å². The number of rotatable bonds is 4. The average Bonchev–Trinajstić information content (AvgIpc) is 2.41. The molecule has 118 valence electrons. The van der Waals surface area contributed by atoms with E-state index in [0.717, 1.165) is 10.9 Å². The SMILES string of the molecule is CC(C)(C)OC(=O)NCCNc1ncnc2cc(Cl)ccc12. The van der Waals surface area contributed by atoms with Gasteiger partial charge in [0.2, 0.25) is 0 Å². The van der Waals surface area contributed by atoms with Gasteiger partial charge in [-0.05, 0) is 39.0 Å². The molecule has 1 amide bonds. The molecule has 0 aliphatic carbocycles. The van der Waals surface area contributed by atoms with Crippen molar-refractivity contribution in [3.63, 3.8) is 0 Å². The van der Waals surface area contributed by atoms with Gasteiger partial charge in [0, 0.05) is 23.5 Å². The number of nitrogens with zero attached hydrogens (tertiary/aromatic N) is 2. The van der Waals surface area contributed by atoms with Crippen LogP contribution in [0.15, 0.2) is 24.5 Å². The molecule has 0 bridgehead atoms. The highest BCUT2D eigenvalue weighted by atomic mass is 35.5. The summed E-state index contributed by atoms with van der Waals surface area (Å²) in [6, 6.07) is 5.43. The third-order valence-electron chi connectivity index (χ3n) is 2.68. The minimum Gasteiger partial charge on any atom is -0.444 e. The molecule has 1 aromatic heterocycles. The summed E-state index contributed by atoms with van der Waals surface area (Å²) < 4.78 is 5.16. The van der Waals surface area contributed by atoms with Gasteiger partial charge in [0.25, 0.3) is 0 Å². The van der Waals surface area contributed by atoms with Gasteiger partial charge in [0.05, 0.1) is 5.52 Å². The van der Waals surface area contributed by atoms with E-state index in [-0.39, 0.29) is 0 Å². The van der Waals surface area contributed by atoms with E-state index in [0.29, 0.717) is 23.9 Å². The molecule has 2 N–H and O–H groups in total. The highest BCUT2D eigenvalue weighted by molar-refractivity contribution is 6.31. The van der Waals surface area contributed by atoms with Gasteiger partial charge in [-0.1, -0.05) is 11.6 Å². The van der Waals surface area contributed by atoms with Crippen LogP contribution in [0.2, 0.25) is 5.02 Å². The highest BCUT2D eigenvalue weighted by Crippen LogP contribution is 2.22.